The van der Waals surface area contributed by atoms with Gasteiger partial charge in [0.05, 0.1) is 17.3 Å². The fourth-order valence-electron chi connectivity index (χ4n) is 4.24. The highest BCUT2D eigenvalue weighted by Crippen LogP contribution is 2.39. The van der Waals surface area contributed by atoms with Gasteiger partial charge in [-0.1, -0.05) is 32.0 Å². The van der Waals surface area contributed by atoms with Crippen molar-refractivity contribution >= 4 is 28.7 Å². The largest absolute Gasteiger partial charge is 0.350 e. The van der Waals surface area contributed by atoms with E-state index in [2.05, 4.69) is 30.7 Å². The van der Waals surface area contributed by atoms with E-state index in [1.807, 2.05) is 19.9 Å². The average molecular weight is 488 g/mol. The summed E-state index contributed by atoms with van der Waals surface area (Å²) in [5.74, 6) is -0.307. The number of benzene rings is 1. The van der Waals surface area contributed by atoms with Crippen molar-refractivity contribution < 1.29 is 14.0 Å². The Kier molecular flexibility index (Phi) is 5.74. The number of nitrogens with zero attached hydrogens (tertiary/aromatic N) is 5. The van der Waals surface area contributed by atoms with E-state index in [0.29, 0.717) is 34.4 Å². The maximum absolute atomic E-state index is 14.4. The molecule has 1 aliphatic rings. The Morgan fingerprint density at radius 2 is 1.94 bits per heavy atom. The Balaban J connectivity index is 1.67. The van der Waals surface area contributed by atoms with Gasteiger partial charge in [-0.05, 0) is 38.0 Å². The van der Waals surface area contributed by atoms with E-state index in [1.165, 1.54) is 6.07 Å². The molecule has 1 aliphatic heterocycles. The number of amides is 2. The number of halogens is 1. The summed E-state index contributed by atoms with van der Waals surface area (Å²) in [7, 11) is 0. The SMILES string of the molecule is CC(C)CNC(=O)c1nc(-c2nn(Cc3ccccc3F)c3ncccc23)nc2c1C(C)(C)C(=O)N2. The third-order valence-corrected chi connectivity index (χ3v) is 6.22. The molecule has 2 N–H and O–H groups in total. The lowest BCUT2D eigenvalue weighted by atomic mass is 9.85. The highest BCUT2D eigenvalue weighted by Gasteiger charge is 2.44. The van der Waals surface area contributed by atoms with E-state index in [4.69, 9.17) is 0 Å². The lowest BCUT2D eigenvalue weighted by molar-refractivity contribution is -0.119. The summed E-state index contributed by atoms with van der Waals surface area (Å²) in [5.41, 5.74) is 0.956. The monoisotopic (exact) mass is 487 g/mol. The molecule has 2 amide bonds. The summed E-state index contributed by atoms with van der Waals surface area (Å²) in [6.07, 6.45) is 1.63. The van der Waals surface area contributed by atoms with Gasteiger partial charge < -0.3 is 10.6 Å². The number of fused-ring (bicyclic) bond motifs is 2. The lowest BCUT2D eigenvalue weighted by Crippen LogP contribution is -2.33. The number of carbonyl (C=O) groups excluding carboxylic acids is 2. The molecule has 36 heavy (non-hydrogen) atoms. The summed E-state index contributed by atoms with van der Waals surface area (Å²) in [4.78, 5) is 39.6. The minimum atomic E-state index is -0.980. The van der Waals surface area contributed by atoms with Gasteiger partial charge in [-0.15, -0.1) is 0 Å². The molecule has 0 saturated carbocycles. The second-order valence-electron chi connectivity index (χ2n) is 9.77. The third-order valence-electron chi connectivity index (χ3n) is 6.22. The number of anilines is 1. The number of nitrogens with one attached hydrogen (secondary N) is 2. The molecule has 0 radical (unpaired) electrons. The van der Waals surface area contributed by atoms with Crippen molar-refractivity contribution in [1.82, 2.24) is 30.0 Å². The van der Waals surface area contributed by atoms with Crippen LogP contribution in [0.5, 0.6) is 0 Å². The van der Waals surface area contributed by atoms with Crippen LogP contribution in [0.2, 0.25) is 0 Å². The van der Waals surface area contributed by atoms with Gasteiger partial charge in [0, 0.05) is 23.9 Å². The van der Waals surface area contributed by atoms with Crippen molar-refractivity contribution in [2.75, 3.05) is 11.9 Å². The number of hydrogen-bond donors (Lipinski definition) is 2. The molecule has 0 atom stereocenters. The molecule has 1 aromatic carbocycles. The summed E-state index contributed by atoms with van der Waals surface area (Å²) in [6, 6.07) is 10.0. The number of carbonyl (C=O) groups is 2. The lowest BCUT2D eigenvalue weighted by Gasteiger charge is -2.18. The van der Waals surface area contributed by atoms with Crippen LogP contribution in [0, 0.1) is 11.7 Å². The van der Waals surface area contributed by atoms with Crippen LogP contribution in [-0.2, 0) is 16.8 Å². The van der Waals surface area contributed by atoms with Gasteiger partial charge in [0.1, 0.15) is 23.0 Å². The summed E-state index contributed by atoms with van der Waals surface area (Å²) >= 11 is 0. The van der Waals surface area contributed by atoms with Crippen LogP contribution >= 0.6 is 0 Å². The molecule has 0 saturated heterocycles. The summed E-state index contributed by atoms with van der Waals surface area (Å²) in [5, 5.41) is 11.0. The van der Waals surface area contributed by atoms with E-state index in [0.717, 1.165) is 0 Å². The molecule has 5 rings (SSSR count). The first-order chi connectivity index (χ1) is 17.2. The van der Waals surface area contributed by atoms with E-state index in [-0.39, 0.29) is 47.4 Å². The zero-order valence-electron chi connectivity index (χ0n) is 20.5. The molecular weight excluding hydrogens is 461 g/mol. The number of hydrogen-bond acceptors (Lipinski definition) is 6. The van der Waals surface area contributed by atoms with Crippen molar-refractivity contribution in [2.24, 2.45) is 5.92 Å². The van der Waals surface area contributed by atoms with Crippen LogP contribution in [0.1, 0.15) is 49.3 Å². The van der Waals surface area contributed by atoms with Crippen molar-refractivity contribution in [3.8, 4) is 11.5 Å². The molecule has 0 spiro atoms. The predicted molar refractivity (Wildman–Crippen MR) is 133 cm³/mol. The van der Waals surface area contributed by atoms with Crippen LogP contribution in [0.15, 0.2) is 42.6 Å². The number of pyridine rings is 1. The zero-order valence-corrected chi connectivity index (χ0v) is 20.5. The van der Waals surface area contributed by atoms with Gasteiger partial charge in [0.25, 0.3) is 5.91 Å². The minimum absolute atomic E-state index is 0.125. The fourth-order valence-corrected chi connectivity index (χ4v) is 4.24. The van der Waals surface area contributed by atoms with Crippen LogP contribution < -0.4 is 10.6 Å². The predicted octanol–water partition coefficient (Wildman–Crippen LogP) is 3.69. The molecular formula is C26H26FN7O2. The quantitative estimate of drug-likeness (QED) is 0.429. The number of aromatic nitrogens is 5. The second-order valence-corrected chi connectivity index (χ2v) is 9.77. The Hall–Kier alpha value is -4.21. The summed E-state index contributed by atoms with van der Waals surface area (Å²) < 4.78 is 15.9. The smallest absolute Gasteiger partial charge is 0.270 e. The minimum Gasteiger partial charge on any atom is -0.350 e. The maximum Gasteiger partial charge on any atom is 0.270 e. The third kappa shape index (κ3) is 3.98. The molecule has 9 nitrogen and oxygen atoms in total. The Morgan fingerprint density at radius 1 is 1.17 bits per heavy atom. The zero-order chi connectivity index (χ0) is 25.6. The standard InChI is InChI=1S/C26H26FN7O2/c1-14(2)12-29-24(35)20-18-21(32-25(36)26(18,3)4)31-22(30-20)19-16-9-7-11-28-23(16)34(33-19)13-15-8-5-6-10-17(15)27/h5-11,14H,12-13H2,1-4H3,(H,29,35)(H,30,31,32,36). The Morgan fingerprint density at radius 3 is 2.69 bits per heavy atom. The molecule has 0 bridgehead atoms. The molecule has 3 aromatic heterocycles. The number of rotatable bonds is 6. The van der Waals surface area contributed by atoms with E-state index >= 15 is 0 Å². The normalized spacial score (nSPS) is 14.2. The van der Waals surface area contributed by atoms with Crippen LogP contribution in [0.25, 0.3) is 22.6 Å². The first-order valence-electron chi connectivity index (χ1n) is 11.7. The van der Waals surface area contributed by atoms with Crippen LogP contribution in [0.3, 0.4) is 0 Å². The average Bonchev–Trinajstić information content (AvgIpc) is 3.32. The maximum atomic E-state index is 14.4. The van der Waals surface area contributed by atoms with Crippen LogP contribution in [0.4, 0.5) is 10.2 Å². The van der Waals surface area contributed by atoms with Gasteiger partial charge >= 0.3 is 0 Å². The first kappa shape index (κ1) is 23.5. The van der Waals surface area contributed by atoms with Crippen molar-refractivity contribution in [3.63, 3.8) is 0 Å². The molecule has 0 fully saturated rings. The Labute approximate surface area is 207 Å². The van der Waals surface area contributed by atoms with Crippen molar-refractivity contribution in [3.05, 3.63) is 65.2 Å². The van der Waals surface area contributed by atoms with Crippen molar-refractivity contribution in [2.45, 2.75) is 39.7 Å². The molecule has 4 aromatic rings. The Bertz CT molecular complexity index is 1510. The van der Waals surface area contributed by atoms with Gasteiger partial charge in [-0.2, -0.15) is 5.10 Å². The molecule has 0 unspecified atom stereocenters. The van der Waals surface area contributed by atoms with Gasteiger partial charge in [-0.3, -0.25) is 9.59 Å². The molecule has 0 aliphatic carbocycles. The van der Waals surface area contributed by atoms with Crippen LogP contribution in [-0.4, -0.2) is 43.1 Å². The fraction of sp³-hybridized carbons (Fsp3) is 0.308. The van der Waals surface area contributed by atoms with E-state index < -0.39 is 5.41 Å². The van der Waals surface area contributed by atoms with Gasteiger partial charge in [0.2, 0.25) is 5.91 Å². The van der Waals surface area contributed by atoms with E-state index in [1.54, 1.807) is 49.0 Å². The summed E-state index contributed by atoms with van der Waals surface area (Å²) in [6.45, 7) is 8.06. The molecule has 4 heterocycles. The van der Waals surface area contributed by atoms with Gasteiger partial charge in [-0.25, -0.2) is 24.0 Å². The molecule has 10 heteroatoms. The van der Waals surface area contributed by atoms with Gasteiger partial charge in [0.15, 0.2) is 11.5 Å². The molecule has 184 valence electrons. The topological polar surface area (TPSA) is 115 Å². The first-order valence-corrected chi connectivity index (χ1v) is 11.7. The second kappa shape index (κ2) is 8.78. The van der Waals surface area contributed by atoms with Crippen molar-refractivity contribution in [1.29, 1.82) is 0 Å². The highest BCUT2D eigenvalue weighted by molar-refractivity contribution is 6.09. The van der Waals surface area contributed by atoms with E-state index in [9.17, 15) is 14.0 Å². The highest BCUT2D eigenvalue weighted by atomic mass is 19.1.